The number of nitrogens with two attached hydrogens (primary N) is 1. The molecule has 1 aliphatic heterocycles. The lowest BCUT2D eigenvalue weighted by Crippen LogP contribution is -2.39. The Morgan fingerprint density at radius 3 is 2.91 bits per heavy atom. The van der Waals surface area contributed by atoms with Crippen molar-refractivity contribution < 1.29 is 8.42 Å². The maximum Gasteiger partial charge on any atom is 0.240 e. The lowest BCUT2D eigenvalue weighted by Gasteiger charge is -2.28. The number of rotatable bonds is 4. The molecule has 0 saturated heterocycles. The number of benzene rings is 1. The van der Waals surface area contributed by atoms with E-state index in [1.165, 1.54) is 5.56 Å². The van der Waals surface area contributed by atoms with Gasteiger partial charge in [0.05, 0.1) is 4.90 Å². The predicted octanol–water partition coefficient (Wildman–Crippen LogP) is 1.47. The Balaban J connectivity index is 1.85. The molecule has 1 aromatic carbocycles. The second-order valence-electron chi connectivity index (χ2n) is 6.47. The third kappa shape index (κ3) is 3.00. The van der Waals surface area contributed by atoms with Crippen LogP contribution in [0.25, 0.3) is 0 Å². The van der Waals surface area contributed by atoms with E-state index in [2.05, 4.69) is 9.62 Å². The number of sulfonamides is 1. The molecule has 3 N–H and O–H groups in total. The number of nitrogens with one attached hydrogen (secondary N) is 1. The number of hydrogen-bond acceptors (Lipinski definition) is 4. The minimum absolute atomic E-state index is 0.0243. The van der Waals surface area contributed by atoms with Gasteiger partial charge in [-0.3, -0.25) is 0 Å². The first-order chi connectivity index (χ1) is 10.5. The van der Waals surface area contributed by atoms with Crippen molar-refractivity contribution in [1.82, 2.24) is 4.72 Å². The highest BCUT2D eigenvalue weighted by molar-refractivity contribution is 7.89. The molecule has 0 unspecified atom stereocenters. The van der Waals surface area contributed by atoms with Crippen LogP contribution in [-0.2, 0) is 16.4 Å². The SMILES string of the molecule is CN1CCCc2ccc(S(=O)(=O)N[C@@H]3CCC[C@@H]3CN)cc21. The Hall–Kier alpha value is -1.11. The summed E-state index contributed by atoms with van der Waals surface area (Å²) in [5.41, 5.74) is 8.02. The molecule has 1 aliphatic carbocycles. The minimum atomic E-state index is -3.48. The average molecular weight is 323 g/mol. The van der Waals surface area contributed by atoms with E-state index in [4.69, 9.17) is 5.73 Å². The molecule has 0 spiro atoms. The fourth-order valence-corrected chi connectivity index (χ4v) is 5.01. The number of nitrogens with zero attached hydrogens (tertiary/aromatic N) is 1. The summed E-state index contributed by atoms with van der Waals surface area (Å²) in [7, 11) is -1.46. The molecule has 0 radical (unpaired) electrons. The second-order valence-corrected chi connectivity index (χ2v) is 8.18. The molecular formula is C16H25N3O2S. The third-order valence-electron chi connectivity index (χ3n) is 4.99. The molecule has 0 bridgehead atoms. The maximum atomic E-state index is 12.7. The van der Waals surface area contributed by atoms with Gasteiger partial charge in [-0.15, -0.1) is 0 Å². The van der Waals surface area contributed by atoms with Crippen LogP contribution in [0.4, 0.5) is 5.69 Å². The summed E-state index contributed by atoms with van der Waals surface area (Å²) in [5, 5.41) is 0. The van der Waals surface area contributed by atoms with Crippen LogP contribution in [0.2, 0.25) is 0 Å². The molecule has 2 atom stereocenters. The number of anilines is 1. The van der Waals surface area contributed by atoms with Crippen LogP contribution in [0.1, 0.15) is 31.2 Å². The summed E-state index contributed by atoms with van der Waals surface area (Å²) in [5.74, 6) is 0.259. The van der Waals surface area contributed by atoms with Gasteiger partial charge in [0.2, 0.25) is 10.0 Å². The van der Waals surface area contributed by atoms with Gasteiger partial charge in [0.1, 0.15) is 0 Å². The summed E-state index contributed by atoms with van der Waals surface area (Å²) >= 11 is 0. The van der Waals surface area contributed by atoms with Crippen molar-refractivity contribution in [3.05, 3.63) is 23.8 Å². The topological polar surface area (TPSA) is 75.4 Å². The molecule has 5 nitrogen and oxygen atoms in total. The molecule has 3 rings (SSSR count). The molecule has 0 amide bonds. The Bertz CT molecular complexity index is 645. The Kier molecular flexibility index (Phi) is 4.43. The smallest absolute Gasteiger partial charge is 0.240 e. The van der Waals surface area contributed by atoms with Gasteiger partial charge in [-0.25, -0.2) is 13.1 Å². The van der Waals surface area contributed by atoms with Crippen molar-refractivity contribution in [3.8, 4) is 0 Å². The van der Waals surface area contributed by atoms with Crippen LogP contribution >= 0.6 is 0 Å². The van der Waals surface area contributed by atoms with Crippen molar-refractivity contribution in [3.63, 3.8) is 0 Å². The first-order valence-corrected chi connectivity index (χ1v) is 9.56. The normalized spacial score (nSPS) is 25.3. The van der Waals surface area contributed by atoms with E-state index in [1.807, 2.05) is 19.2 Å². The highest BCUT2D eigenvalue weighted by Crippen LogP contribution is 2.30. The largest absolute Gasteiger partial charge is 0.374 e. The third-order valence-corrected chi connectivity index (χ3v) is 6.47. The highest BCUT2D eigenvalue weighted by Gasteiger charge is 2.30. The van der Waals surface area contributed by atoms with Gasteiger partial charge in [0.15, 0.2) is 0 Å². The van der Waals surface area contributed by atoms with Gasteiger partial charge in [0.25, 0.3) is 0 Å². The van der Waals surface area contributed by atoms with Crippen molar-refractivity contribution >= 4 is 15.7 Å². The van der Waals surface area contributed by atoms with Crippen molar-refractivity contribution in [1.29, 1.82) is 0 Å². The molecule has 1 aromatic rings. The summed E-state index contributed by atoms with van der Waals surface area (Å²) < 4.78 is 28.2. The molecule has 6 heteroatoms. The molecule has 22 heavy (non-hydrogen) atoms. The zero-order valence-corrected chi connectivity index (χ0v) is 13.9. The summed E-state index contributed by atoms with van der Waals surface area (Å²) in [4.78, 5) is 2.50. The maximum absolute atomic E-state index is 12.7. The van der Waals surface area contributed by atoms with Crippen molar-refractivity contribution in [2.24, 2.45) is 11.7 Å². The Labute approximate surface area is 132 Å². The summed E-state index contributed by atoms with van der Waals surface area (Å²) in [6.07, 6.45) is 5.07. The van der Waals surface area contributed by atoms with Crippen LogP contribution in [0, 0.1) is 5.92 Å². The zero-order chi connectivity index (χ0) is 15.7. The molecule has 0 aromatic heterocycles. The van der Waals surface area contributed by atoms with E-state index >= 15 is 0 Å². The number of fused-ring (bicyclic) bond motifs is 1. The Morgan fingerprint density at radius 1 is 1.32 bits per heavy atom. The quantitative estimate of drug-likeness (QED) is 0.880. The minimum Gasteiger partial charge on any atom is -0.374 e. The van der Waals surface area contributed by atoms with Gasteiger partial charge < -0.3 is 10.6 Å². The molecule has 1 heterocycles. The predicted molar refractivity (Wildman–Crippen MR) is 88.5 cm³/mol. The van der Waals surface area contributed by atoms with Gasteiger partial charge in [0, 0.05) is 25.3 Å². The monoisotopic (exact) mass is 323 g/mol. The molecule has 1 fully saturated rings. The summed E-state index contributed by atoms with van der Waals surface area (Å²) in [6, 6.07) is 5.47. The van der Waals surface area contributed by atoms with E-state index in [1.54, 1.807) is 6.07 Å². The molecule has 2 aliphatic rings. The summed E-state index contributed by atoms with van der Waals surface area (Å²) in [6.45, 7) is 1.52. The van der Waals surface area contributed by atoms with E-state index in [0.29, 0.717) is 11.4 Å². The van der Waals surface area contributed by atoms with E-state index in [9.17, 15) is 8.42 Å². The van der Waals surface area contributed by atoms with Gasteiger partial charge in [-0.05, 0) is 55.8 Å². The molecule has 122 valence electrons. The standard InChI is InChI=1S/C16H25N3O2S/c1-19-9-3-5-12-7-8-14(10-16(12)19)22(20,21)18-15-6-2-4-13(15)11-17/h7-8,10,13,15,18H,2-6,9,11,17H2,1H3/t13-,15-/m1/s1. The first-order valence-electron chi connectivity index (χ1n) is 8.08. The van der Waals surface area contributed by atoms with Crippen molar-refractivity contribution in [2.75, 3.05) is 25.0 Å². The van der Waals surface area contributed by atoms with Crippen LogP contribution in [0.5, 0.6) is 0 Å². The van der Waals surface area contributed by atoms with Crippen molar-refractivity contribution in [2.45, 2.75) is 43.0 Å². The lowest BCUT2D eigenvalue weighted by atomic mass is 10.0. The van der Waals surface area contributed by atoms with Gasteiger partial charge in [-0.1, -0.05) is 12.5 Å². The average Bonchev–Trinajstić information content (AvgIpc) is 2.94. The van der Waals surface area contributed by atoms with Crippen LogP contribution < -0.4 is 15.4 Å². The fraction of sp³-hybridized carbons (Fsp3) is 0.625. The van der Waals surface area contributed by atoms with E-state index in [0.717, 1.165) is 44.3 Å². The van der Waals surface area contributed by atoms with E-state index < -0.39 is 10.0 Å². The lowest BCUT2D eigenvalue weighted by molar-refractivity contribution is 0.453. The number of hydrogen-bond donors (Lipinski definition) is 2. The van der Waals surface area contributed by atoms with Crippen LogP contribution in [-0.4, -0.2) is 34.6 Å². The molecule has 1 saturated carbocycles. The van der Waals surface area contributed by atoms with Gasteiger partial charge >= 0.3 is 0 Å². The van der Waals surface area contributed by atoms with E-state index in [-0.39, 0.29) is 12.0 Å². The fourth-order valence-electron chi connectivity index (χ4n) is 3.65. The van der Waals surface area contributed by atoms with Gasteiger partial charge in [-0.2, -0.15) is 0 Å². The van der Waals surface area contributed by atoms with Crippen LogP contribution in [0.15, 0.2) is 23.1 Å². The highest BCUT2D eigenvalue weighted by atomic mass is 32.2. The number of aryl methyl sites for hydroxylation is 1. The Morgan fingerprint density at radius 2 is 2.14 bits per heavy atom. The first kappa shape index (κ1) is 15.8. The van der Waals surface area contributed by atoms with Crippen LogP contribution in [0.3, 0.4) is 0 Å². The molecular weight excluding hydrogens is 298 g/mol. The second kappa shape index (κ2) is 6.18. The zero-order valence-electron chi connectivity index (χ0n) is 13.1.